The highest BCUT2D eigenvalue weighted by molar-refractivity contribution is 6.31. The van der Waals surface area contributed by atoms with Crippen molar-refractivity contribution in [3.05, 3.63) is 41.3 Å². The van der Waals surface area contributed by atoms with Crippen molar-refractivity contribution >= 4 is 23.6 Å². The molecule has 0 atom stereocenters. The Kier molecular flexibility index (Phi) is 4.73. The first-order valence-electron chi connectivity index (χ1n) is 5.72. The zero-order chi connectivity index (χ0) is 14.4. The summed E-state index contributed by atoms with van der Waals surface area (Å²) in [5, 5.41) is 4.31. The molecule has 0 bridgehead atoms. The zero-order valence-corrected chi connectivity index (χ0v) is 11.8. The molecule has 0 aliphatic rings. The van der Waals surface area contributed by atoms with Gasteiger partial charge in [-0.15, -0.1) is 0 Å². The molecule has 1 aromatic carbocycles. The maximum Gasteiger partial charge on any atom is 0.184 e. The molecule has 2 aromatic rings. The van der Waals surface area contributed by atoms with Gasteiger partial charge in [0.15, 0.2) is 22.5 Å². The van der Waals surface area contributed by atoms with E-state index in [4.69, 9.17) is 21.1 Å². The first-order valence-corrected chi connectivity index (χ1v) is 6.10. The number of halogens is 1. The van der Waals surface area contributed by atoms with Gasteiger partial charge in [0.05, 0.1) is 20.4 Å². The lowest BCUT2D eigenvalue weighted by molar-refractivity contribution is 0.355. The van der Waals surface area contributed by atoms with Gasteiger partial charge in [0, 0.05) is 12.4 Å². The van der Waals surface area contributed by atoms with Crippen LogP contribution in [0.5, 0.6) is 11.5 Å². The molecule has 0 aliphatic carbocycles. The minimum atomic E-state index is 0.261. The van der Waals surface area contributed by atoms with Crippen LogP contribution in [0.15, 0.2) is 35.7 Å². The van der Waals surface area contributed by atoms with Crippen LogP contribution in [0, 0.1) is 0 Å². The molecule has 0 amide bonds. The van der Waals surface area contributed by atoms with Gasteiger partial charge < -0.3 is 9.47 Å². The van der Waals surface area contributed by atoms with E-state index in [1.165, 1.54) is 12.4 Å². The predicted molar refractivity (Wildman–Crippen MR) is 77.8 cm³/mol. The lowest BCUT2D eigenvalue weighted by atomic mass is 10.2. The van der Waals surface area contributed by atoms with Crippen LogP contribution in [0.25, 0.3) is 0 Å². The summed E-state index contributed by atoms with van der Waals surface area (Å²) >= 11 is 5.85. The fourth-order valence-corrected chi connectivity index (χ4v) is 1.64. The number of rotatable bonds is 5. The number of anilines is 1. The molecule has 2 rings (SSSR count). The number of hydrogen-bond donors (Lipinski definition) is 1. The molecule has 104 valence electrons. The van der Waals surface area contributed by atoms with Crippen molar-refractivity contribution in [3.63, 3.8) is 0 Å². The number of ether oxygens (including phenoxy) is 2. The first-order chi connectivity index (χ1) is 9.74. The van der Waals surface area contributed by atoms with Crippen molar-refractivity contribution in [2.75, 3.05) is 19.6 Å². The van der Waals surface area contributed by atoms with Crippen LogP contribution in [-0.2, 0) is 0 Å². The number of aromatic nitrogens is 2. The van der Waals surface area contributed by atoms with Gasteiger partial charge >= 0.3 is 0 Å². The van der Waals surface area contributed by atoms with Crippen LogP contribution in [-0.4, -0.2) is 30.4 Å². The highest BCUT2D eigenvalue weighted by Crippen LogP contribution is 2.26. The normalized spacial score (nSPS) is 10.6. The van der Waals surface area contributed by atoms with Crippen LogP contribution in [0.1, 0.15) is 5.56 Å². The monoisotopic (exact) mass is 292 g/mol. The van der Waals surface area contributed by atoms with Crippen LogP contribution in [0.4, 0.5) is 5.82 Å². The number of hydrogen-bond acceptors (Lipinski definition) is 6. The van der Waals surface area contributed by atoms with Gasteiger partial charge in [0.1, 0.15) is 0 Å². The van der Waals surface area contributed by atoms with E-state index >= 15 is 0 Å². The van der Waals surface area contributed by atoms with Gasteiger partial charge in [0.2, 0.25) is 0 Å². The minimum Gasteiger partial charge on any atom is -0.493 e. The standard InChI is InChI=1S/C13H13ClN4O2/c1-19-10-4-3-9(7-11(10)20-2)8-17-18-13-12(14)15-5-6-16-13/h3-8H,1-2H3,(H,16,18). The van der Waals surface area contributed by atoms with Gasteiger partial charge in [-0.2, -0.15) is 5.10 Å². The van der Waals surface area contributed by atoms with E-state index < -0.39 is 0 Å². The molecule has 20 heavy (non-hydrogen) atoms. The molecule has 0 fully saturated rings. The summed E-state index contributed by atoms with van der Waals surface area (Å²) in [4.78, 5) is 7.89. The average molecular weight is 293 g/mol. The molecule has 6 nitrogen and oxygen atoms in total. The molecule has 1 heterocycles. The van der Waals surface area contributed by atoms with Crippen molar-refractivity contribution < 1.29 is 9.47 Å². The number of nitrogens with one attached hydrogen (secondary N) is 1. The Morgan fingerprint density at radius 1 is 1.15 bits per heavy atom. The second-order valence-electron chi connectivity index (χ2n) is 3.68. The fourth-order valence-electron chi connectivity index (χ4n) is 1.50. The fraction of sp³-hybridized carbons (Fsp3) is 0.154. The highest BCUT2D eigenvalue weighted by Gasteiger charge is 2.03. The zero-order valence-electron chi connectivity index (χ0n) is 11.0. The van der Waals surface area contributed by atoms with Gasteiger partial charge in [-0.1, -0.05) is 11.6 Å². The average Bonchev–Trinajstić information content (AvgIpc) is 2.49. The van der Waals surface area contributed by atoms with E-state index in [0.29, 0.717) is 17.3 Å². The van der Waals surface area contributed by atoms with Gasteiger partial charge in [0.25, 0.3) is 0 Å². The van der Waals surface area contributed by atoms with Crippen LogP contribution in [0.2, 0.25) is 5.15 Å². The summed E-state index contributed by atoms with van der Waals surface area (Å²) in [7, 11) is 3.17. The van der Waals surface area contributed by atoms with Crippen molar-refractivity contribution in [2.45, 2.75) is 0 Å². The van der Waals surface area contributed by atoms with E-state index in [0.717, 1.165) is 5.56 Å². The molecule has 1 aromatic heterocycles. The topological polar surface area (TPSA) is 68.6 Å². The highest BCUT2D eigenvalue weighted by atomic mass is 35.5. The third-order valence-corrected chi connectivity index (χ3v) is 2.72. The van der Waals surface area contributed by atoms with Gasteiger partial charge in [-0.25, -0.2) is 9.97 Å². The summed E-state index contributed by atoms with van der Waals surface area (Å²) in [5.74, 6) is 1.69. The van der Waals surface area contributed by atoms with Crippen LogP contribution in [0.3, 0.4) is 0 Å². The molecular formula is C13H13ClN4O2. The summed E-state index contributed by atoms with van der Waals surface area (Å²) in [5.41, 5.74) is 3.56. The van der Waals surface area contributed by atoms with E-state index in [1.807, 2.05) is 12.1 Å². The summed E-state index contributed by atoms with van der Waals surface area (Å²) < 4.78 is 10.4. The Hall–Kier alpha value is -2.34. The van der Waals surface area contributed by atoms with E-state index in [9.17, 15) is 0 Å². The van der Waals surface area contributed by atoms with Crippen molar-refractivity contribution in [3.8, 4) is 11.5 Å². The molecule has 0 aliphatic heterocycles. The van der Waals surface area contributed by atoms with Crippen LogP contribution >= 0.6 is 11.6 Å². The lowest BCUT2D eigenvalue weighted by Crippen LogP contribution is -1.96. The predicted octanol–water partition coefficient (Wildman–Crippen LogP) is 2.59. The minimum absolute atomic E-state index is 0.261. The Morgan fingerprint density at radius 3 is 2.60 bits per heavy atom. The third-order valence-electron chi connectivity index (χ3n) is 2.45. The quantitative estimate of drug-likeness (QED) is 0.677. The van der Waals surface area contributed by atoms with Crippen LogP contribution < -0.4 is 14.9 Å². The maximum atomic E-state index is 5.85. The van der Waals surface area contributed by atoms with Gasteiger partial charge in [-0.3, -0.25) is 5.43 Å². The summed E-state index contributed by atoms with van der Waals surface area (Å²) in [6, 6.07) is 5.46. The summed E-state index contributed by atoms with van der Waals surface area (Å²) in [6.45, 7) is 0. The van der Waals surface area contributed by atoms with Crippen molar-refractivity contribution in [1.82, 2.24) is 9.97 Å². The van der Waals surface area contributed by atoms with Crippen molar-refractivity contribution in [1.29, 1.82) is 0 Å². The van der Waals surface area contributed by atoms with E-state index in [-0.39, 0.29) is 5.15 Å². The molecule has 0 spiro atoms. The molecule has 0 saturated heterocycles. The Labute approximate surface area is 121 Å². The maximum absolute atomic E-state index is 5.85. The number of methoxy groups -OCH3 is 2. The Balaban J connectivity index is 2.10. The molecule has 1 N–H and O–H groups in total. The third kappa shape index (κ3) is 3.36. The Morgan fingerprint density at radius 2 is 1.90 bits per heavy atom. The second-order valence-corrected chi connectivity index (χ2v) is 4.04. The second kappa shape index (κ2) is 6.72. The summed E-state index contributed by atoms with van der Waals surface area (Å²) in [6.07, 6.45) is 4.65. The molecule has 7 heteroatoms. The largest absolute Gasteiger partial charge is 0.493 e. The van der Waals surface area contributed by atoms with E-state index in [2.05, 4.69) is 20.5 Å². The Bertz CT molecular complexity index is 619. The smallest absolute Gasteiger partial charge is 0.184 e. The van der Waals surface area contributed by atoms with E-state index in [1.54, 1.807) is 26.5 Å². The molecule has 0 unspecified atom stereocenters. The SMILES string of the molecule is COc1ccc(C=NNc2nccnc2Cl)cc1OC. The van der Waals surface area contributed by atoms with Gasteiger partial charge in [-0.05, 0) is 23.8 Å². The number of hydrazone groups is 1. The number of nitrogens with zero attached hydrogens (tertiary/aromatic N) is 3. The van der Waals surface area contributed by atoms with Crippen molar-refractivity contribution in [2.24, 2.45) is 5.10 Å². The molecular weight excluding hydrogens is 280 g/mol. The molecule has 0 saturated carbocycles. The lowest BCUT2D eigenvalue weighted by Gasteiger charge is -2.07. The molecule has 0 radical (unpaired) electrons. The first kappa shape index (κ1) is 14.1. The number of benzene rings is 1.